The number of alkyl halides is 1. The minimum absolute atomic E-state index is 0.311. The van der Waals surface area contributed by atoms with Gasteiger partial charge in [0.15, 0.2) is 0 Å². The normalized spacial score (nSPS) is 18.1. The van der Waals surface area contributed by atoms with Gasteiger partial charge in [-0.3, -0.25) is 0 Å². The summed E-state index contributed by atoms with van der Waals surface area (Å²) in [6.45, 7) is 2.61. The van der Waals surface area contributed by atoms with Gasteiger partial charge in [0.05, 0.1) is 6.61 Å². The van der Waals surface area contributed by atoms with Crippen LogP contribution in [0.15, 0.2) is 18.2 Å². The quantitative estimate of drug-likeness (QED) is 0.822. The Bertz CT molecular complexity index is 363. The molecule has 0 aromatic heterocycles. The van der Waals surface area contributed by atoms with Gasteiger partial charge < -0.3 is 10.1 Å². The summed E-state index contributed by atoms with van der Waals surface area (Å²) >= 11 is 0. The fourth-order valence-corrected chi connectivity index (χ4v) is 1.92. The maximum atomic E-state index is 14.2. The summed E-state index contributed by atoms with van der Waals surface area (Å²) in [4.78, 5) is 0. The molecule has 0 radical (unpaired) electrons. The van der Waals surface area contributed by atoms with Crippen LogP contribution in [-0.2, 0) is 12.1 Å². The molecule has 0 fully saturated rings. The second-order valence-electron chi connectivity index (χ2n) is 4.15. The van der Waals surface area contributed by atoms with Crippen molar-refractivity contribution in [2.24, 2.45) is 0 Å². The molecule has 1 aliphatic heterocycles. The van der Waals surface area contributed by atoms with Crippen molar-refractivity contribution in [3.63, 3.8) is 0 Å². The van der Waals surface area contributed by atoms with Crippen LogP contribution in [0.5, 0.6) is 5.75 Å². The number of nitrogens with one attached hydrogen (secondary N) is 1. The smallest absolute Gasteiger partial charge is 0.145 e. The fraction of sp³-hybridized carbons (Fsp3) is 0.500. The monoisotopic (exact) mass is 209 g/mol. The van der Waals surface area contributed by atoms with E-state index in [-0.39, 0.29) is 0 Å². The summed E-state index contributed by atoms with van der Waals surface area (Å²) in [5, 5.41) is 2.86. The number of halogens is 1. The molecule has 1 unspecified atom stereocenters. The Hall–Kier alpha value is -1.09. The van der Waals surface area contributed by atoms with Crippen LogP contribution in [0.3, 0.4) is 0 Å². The van der Waals surface area contributed by atoms with E-state index in [1.807, 2.05) is 18.2 Å². The Morgan fingerprint density at radius 1 is 1.53 bits per heavy atom. The third kappa shape index (κ3) is 1.97. The lowest BCUT2D eigenvalue weighted by molar-refractivity contribution is 0.190. The van der Waals surface area contributed by atoms with Crippen LogP contribution in [0.4, 0.5) is 4.39 Å². The van der Waals surface area contributed by atoms with Crippen LogP contribution >= 0.6 is 0 Å². The minimum Gasteiger partial charge on any atom is -0.493 e. The van der Waals surface area contributed by atoms with E-state index in [0.29, 0.717) is 18.7 Å². The van der Waals surface area contributed by atoms with Gasteiger partial charge >= 0.3 is 0 Å². The highest BCUT2D eigenvalue weighted by atomic mass is 19.1. The van der Waals surface area contributed by atoms with E-state index in [1.54, 1.807) is 14.0 Å². The Morgan fingerprint density at radius 2 is 2.33 bits per heavy atom. The van der Waals surface area contributed by atoms with Gasteiger partial charge in [-0.25, -0.2) is 4.39 Å². The number of fused-ring (bicyclic) bond motifs is 1. The van der Waals surface area contributed by atoms with E-state index in [9.17, 15) is 4.39 Å². The van der Waals surface area contributed by atoms with E-state index in [4.69, 9.17) is 4.74 Å². The predicted molar refractivity (Wildman–Crippen MR) is 58.0 cm³/mol. The summed E-state index contributed by atoms with van der Waals surface area (Å²) in [5.74, 6) is 0.840. The van der Waals surface area contributed by atoms with Gasteiger partial charge in [-0.05, 0) is 31.2 Å². The van der Waals surface area contributed by atoms with Gasteiger partial charge in [-0.2, -0.15) is 0 Å². The lowest BCUT2D eigenvalue weighted by atomic mass is 9.96. The lowest BCUT2D eigenvalue weighted by Gasteiger charge is -2.20. The van der Waals surface area contributed by atoms with Gasteiger partial charge in [-0.15, -0.1) is 0 Å². The van der Waals surface area contributed by atoms with Crippen molar-refractivity contribution in [3.8, 4) is 5.75 Å². The molecule has 0 aliphatic carbocycles. The number of rotatable bonds is 3. The Kier molecular flexibility index (Phi) is 2.65. The van der Waals surface area contributed by atoms with Crippen molar-refractivity contribution in [3.05, 3.63) is 29.3 Å². The molecule has 1 aromatic carbocycles. The third-order valence-electron chi connectivity index (χ3n) is 2.81. The zero-order chi connectivity index (χ0) is 10.9. The van der Waals surface area contributed by atoms with Crippen LogP contribution in [0, 0.1) is 0 Å². The topological polar surface area (TPSA) is 21.3 Å². The van der Waals surface area contributed by atoms with Gasteiger partial charge in [0.1, 0.15) is 11.4 Å². The highest BCUT2D eigenvalue weighted by Gasteiger charge is 2.26. The SMILES string of the molecule is CNCC(C)(F)c1ccc2c(c1)OCC2. The maximum absolute atomic E-state index is 14.2. The van der Waals surface area contributed by atoms with Crippen molar-refractivity contribution in [1.82, 2.24) is 5.32 Å². The van der Waals surface area contributed by atoms with Crippen molar-refractivity contribution in [2.75, 3.05) is 20.2 Å². The Labute approximate surface area is 89.4 Å². The van der Waals surface area contributed by atoms with Crippen molar-refractivity contribution in [1.29, 1.82) is 0 Å². The maximum Gasteiger partial charge on any atom is 0.145 e. The molecule has 15 heavy (non-hydrogen) atoms. The number of ether oxygens (including phenoxy) is 1. The van der Waals surface area contributed by atoms with Crippen LogP contribution < -0.4 is 10.1 Å². The van der Waals surface area contributed by atoms with E-state index in [1.165, 1.54) is 5.56 Å². The van der Waals surface area contributed by atoms with E-state index < -0.39 is 5.67 Å². The van der Waals surface area contributed by atoms with Crippen molar-refractivity contribution in [2.45, 2.75) is 19.0 Å². The van der Waals surface area contributed by atoms with Crippen LogP contribution in [0.25, 0.3) is 0 Å². The molecule has 1 aromatic rings. The van der Waals surface area contributed by atoms with Crippen LogP contribution in [0.1, 0.15) is 18.1 Å². The molecule has 3 heteroatoms. The first-order chi connectivity index (χ1) is 7.13. The summed E-state index contributed by atoms with van der Waals surface area (Å²) in [7, 11) is 1.75. The van der Waals surface area contributed by atoms with Gasteiger partial charge in [0.25, 0.3) is 0 Å². The molecule has 0 amide bonds. The predicted octanol–water partition coefficient (Wildman–Crippen LogP) is 2.03. The largest absolute Gasteiger partial charge is 0.493 e. The van der Waals surface area contributed by atoms with E-state index in [0.717, 1.165) is 12.2 Å². The average Bonchev–Trinajstić information content (AvgIpc) is 2.63. The molecule has 1 aliphatic rings. The zero-order valence-corrected chi connectivity index (χ0v) is 9.14. The summed E-state index contributed by atoms with van der Waals surface area (Å²) in [6.07, 6.45) is 0.935. The standard InChI is InChI=1S/C12H16FNO/c1-12(13,8-14-2)10-4-3-9-5-6-15-11(9)7-10/h3-4,7,14H,5-6,8H2,1-2H3. The molecule has 1 heterocycles. The Balaban J connectivity index is 2.29. The Morgan fingerprint density at radius 3 is 3.07 bits per heavy atom. The lowest BCUT2D eigenvalue weighted by Crippen LogP contribution is -2.29. The molecule has 82 valence electrons. The molecule has 0 saturated carbocycles. The first-order valence-electron chi connectivity index (χ1n) is 5.23. The van der Waals surface area contributed by atoms with Gasteiger partial charge in [0, 0.05) is 13.0 Å². The first kappa shape index (κ1) is 10.4. The number of benzene rings is 1. The molecule has 2 nitrogen and oxygen atoms in total. The molecule has 2 rings (SSSR count). The number of hydrogen-bond donors (Lipinski definition) is 1. The first-order valence-corrected chi connectivity index (χ1v) is 5.23. The van der Waals surface area contributed by atoms with Gasteiger partial charge in [0.2, 0.25) is 0 Å². The highest BCUT2D eigenvalue weighted by molar-refractivity contribution is 5.42. The third-order valence-corrected chi connectivity index (χ3v) is 2.81. The van der Waals surface area contributed by atoms with E-state index >= 15 is 0 Å². The molecule has 1 atom stereocenters. The molecule has 0 saturated heterocycles. The average molecular weight is 209 g/mol. The minimum atomic E-state index is -1.34. The number of hydrogen-bond acceptors (Lipinski definition) is 2. The summed E-state index contributed by atoms with van der Waals surface area (Å²) < 4.78 is 19.6. The molecular weight excluding hydrogens is 193 g/mol. The molecule has 1 N–H and O–H groups in total. The number of likely N-dealkylation sites (N-methyl/N-ethyl adjacent to an activating group) is 1. The van der Waals surface area contributed by atoms with E-state index in [2.05, 4.69) is 5.32 Å². The zero-order valence-electron chi connectivity index (χ0n) is 9.14. The van der Waals surface area contributed by atoms with Gasteiger partial charge in [-0.1, -0.05) is 12.1 Å². The highest BCUT2D eigenvalue weighted by Crippen LogP contribution is 2.32. The molecule has 0 bridgehead atoms. The molecular formula is C12H16FNO. The van der Waals surface area contributed by atoms with Crippen molar-refractivity contribution >= 4 is 0 Å². The molecule has 0 spiro atoms. The summed E-state index contributed by atoms with van der Waals surface area (Å²) in [5.41, 5.74) is 0.520. The second-order valence-corrected chi connectivity index (χ2v) is 4.15. The second kappa shape index (κ2) is 3.81. The van der Waals surface area contributed by atoms with Crippen LogP contribution in [-0.4, -0.2) is 20.2 Å². The summed E-state index contributed by atoms with van der Waals surface area (Å²) in [6, 6.07) is 5.63. The van der Waals surface area contributed by atoms with Crippen LogP contribution in [0.2, 0.25) is 0 Å². The fourth-order valence-electron chi connectivity index (χ4n) is 1.92. The van der Waals surface area contributed by atoms with Crippen molar-refractivity contribution < 1.29 is 9.13 Å².